The lowest BCUT2D eigenvalue weighted by Gasteiger charge is -2.45. The molecule has 2 aromatic heterocycles. The van der Waals surface area contributed by atoms with Gasteiger partial charge in [0.25, 0.3) is 0 Å². The van der Waals surface area contributed by atoms with E-state index >= 15 is 0 Å². The van der Waals surface area contributed by atoms with Crippen LogP contribution in [0.15, 0.2) is 12.3 Å². The summed E-state index contributed by atoms with van der Waals surface area (Å²) in [7, 11) is 2.15. The second-order valence-corrected chi connectivity index (χ2v) is 8.59. The van der Waals surface area contributed by atoms with E-state index in [1.54, 1.807) is 6.20 Å². The van der Waals surface area contributed by atoms with Gasteiger partial charge in [0, 0.05) is 64.0 Å². The van der Waals surface area contributed by atoms with Crippen molar-refractivity contribution in [3.63, 3.8) is 0 Å². The lowest BCUT2D eigenvalue weighted by Crippen LogP contribution is -2.58. The predicted octanol–water partition coefficient (Wildman–Crippen LogP) is 0.360. The fraction of sp³-hybridized carbons (Fsp3) is 0.667. The summed E-state index contributed by atoms with van der Waals surface area (Å²) in [6, 6.07) is 2.36. The fourth-order valence-electron chi connectivity index (χ4n) is 4.41. The molecule has 0 saturated carbocycles. The van der Waals surface area contributed by atoms with Crippen LogP contribution in [0, 0.1) is 6.92 Å². The first-order valence-corrected chi connectivity index (χ1v) is 11.1. The van der Waals surface area contributed by atoms with E-state index < -0.39 is 0 Å². The zero-order valence-corrected chi connectivity index (χ0v) is 18.9. The number of aryl methyl sites for hydroxylation is 1. The molecule has 0 aromatic carbocycles. The van der Waals surface area contributed by atoms with Crippen LogP contribution in [-0.4, -0.2) is 99.9 Å². The van der Waals surface area contributed by atoms with Gasteiger partial charge in [-0.05, 0) is 33.9 Å². The van der Waals surface area contributed by atoms with Gasteiger partial charge in [0.2, 0.25) is 11.9 Å². The maximum atomic E-state index is 9.19. The minimum Gasteiger partial charge on any atom is -0.396 e. The van der Waals surface area contributed by atoms with Gasteiger partial charge in [-0.2, -0.15) is 15.0 Å². The van der Waals surface area contributed by atoms with E-state index in [4.69, 9.17) is 9.97 Å². The van der Waals surface area contributed by atoms with Crippen molar-refractivity contribution in [2.75, 3.05) is 67.6 Å². The number of piperazine rings is 2. The van der Waals surface area contributed by atoms with Crippen molar-refractivity contribution in [1.29, 1.82) is 0 Å². The van der Waals surface area contributed by atoms with E-state index in [9.17, 15) is 5.11 Å². The summed E-state index contributed by atoms with van der Waals surface area (Å²) >= 11 is 0. The summed E-state index contributed by atoms with van der Waals surface area (Å²) in [5.41, 5.74) is 0. The van der Waals surface area contributed by atoms with E-state index in [1.165, 1.54) is 0 Å². The van der Waals surface area contributed by atoms with E-state index in [-0.39, 0.29) is 18.7 Å². The van der Waals surface area contributed by atoms with Crippen LogP contribution < -0.4 is 14.7 Å². The minimum atomic E-state index is 0.0540. The molecule has 0 radical (unpaired) electrons. The third-order valence-corrected chi connectivity index (χ3v) is 6.01. The molecular formula is C21H33N9O. The van der Waals surface area contributed by atoms with Gasteiger partial charge in [-0.3, -0.25) is 0 Å². The quantitative estimate of drug-likeness (QED) is 0.720. The molecule has 2 saturated heterocycles. The Kier molecular flexibility index (Phi) is 6.47. The fourth-order valence-corrected chi connectivity index (χ4v) is 4.41. The number of aliphatic hydroxyl groups excluding tert-OH is 1. The molecule has 2 aliphatic rings. The molecule has 2 aromatic rings. The Morgan fingerprint density at radius 3 is 2.29 bits per heavy atom. The Morgan fingerprint density at radius 1 is 0.935 bits per heavy atom. The standard InChI is InChI=1S/C21H33N9O/c1-15-13-29(19-5-7-22-18(25-19)6-12-31)14-16(2)30(15)21-24-17(3)23-20(26-21)28-10-8-27(4)9-11-28/h5,7,15-16,31H,6,8-14H2,1-4H3/t15-,16+. The summed E-state index contributed by atoms with van der Waals surface area (Å²) in [6.45, 7) is 11.9. The van der Waals surface area contributed by atoms with Crippen LogP contribution in [-0.2, 0) is 6.42 Å². The van der Waals surface area contributed by atoms with Gasteiger partial charge in [0.1, 0.15) is 17.5 Å². The maximum Gasteiger partial charge on any atom is 0.231 e. The van der Waals surface area contributed by atoms with Gasteiger partial charge in [-0.15, -0.1) is 0 Å². The number of aromatic nitrogens is 5. The first-order chi connectivity index (χ1) is 14.9. The lowest BCUT2D eigenvalue weighted by molar-refractivity contribution is 0.296. The summed E-state index contributed by atoms with van der Waals surface area (Å²) in [4.78, 5) is 32.3. The molecular weight excluding hydrogens is 394 g/mol. The first kappa shape index (κ1) is 21.6. The second-order valence-electron chi connectivity index (χ2n) is 8.59. The van der Waals surface area contributed by atoms with E-state index in [2.05, 4.69) is 55.4 Å². The highest BCUT2D eigenvalue weighted by atomic mass is 16.3. The largest absolute Gasteiger partial charge is 0.396 e. The van der Waals surface area contributed by atoms with Crippen LogP contribution in [0.25, 0.3) is 0 Å². The zero-order valence-electron chi connectivity index (χ0n) is 18.9. The molecule has 1 N–H and O–H groups in total. The van der Waals surface area contributed by atoms with Gasteiger partial charge in [-0.25, -0.2) is 9.97 Å². The summed E-state index contributed by atoms with van der Waals surface area (Å²) in [5.74, 6) is 3.87. The number of hydrogen-bond acceptors (Lipinski definition) is 10. The molecule has 0 amide bonds. The highest BCUT2D eigenvalue weighted by Crippen LogP contribution is 2.26. The smallest absolute Gasteiger partial charge is 0.231 e. The molecule has 0 aliphatic carbocycles. The van der Waals surface area contributed by atoms with Crippen LogP contribution in [0.2, 0.25) is 0 Å². The summed E-state index contributed by atoms with van der Waals surface area (Å²) in [6.07, 6.45) is 2.24. The highest BCUT2D eigenvalue weighted by Gasteiger charge is 2.33. The van der Waals surface area contributed by atoms with Crippen molar-refractivity contribution in [1.82, 2.24) is 29.8 Å². The molecule has 2 atom stereocenters. The SMILES string of the molecule is Cc1nc(N2CCN(C)CC2)nc(N2[C@H](C)CN(c3ccnc(CCO)n3)C[C@@H]2C)n1. The van der Waals surface area contributed by atoms with Crippen LogP contribution in [0.5, 0.6) is 0 Å². The molecule has 4 rings (SSSR count). The average molecular weight is 428 g/mol. The Labute approximate surface area is 184 Å². The summed E-state index contributed by atoms with van der Waals surface area (Å²) in [5, 5.41) is 9.19. The number of nitrogens with zero attached hydrogens (tertiary/aromatic N) is 9. The van der Waals surface area contributed by atoms with Gasteiger partial charge in [0.15, 0.2) is 0 Å². The molecule has 4 heterocycles. The Morgan fingerprint density at radius 2 is 1.61 bits per heavy atom. The first-order valence-electron chi connectivity index (χ1n) is 11.1. The molecule has 0 spiro atoms. The van der Waals surface area contributed by atoms with Crippen LogP contribution in [0.1, 0.15) is 25.5 Å². The van der Waals surface area contributed by atoms with Crippen molar-refractivity contribution >= 4 is 17.7 Å². The molecule has 10 nitrogen and oxygen atoms in total. The van der Waals surface area contributed by atoms with E-state index in [0.717, 1.165) is 62.8 Å². The number of likely N-dealkylation sites (N-methyl/N-ethyl adjacent to an activating group) is 1. The third-order valence-electron chi connectivity index (χ3n) is 6.01. The number of hydrogen-bond donors (Lipinski definition) is 1. The van der Waals surface area contributed by atoms with Crippen LogP contribution >= 0.6 is 0 Å². The Balaban J connectivity index is 1.53. The highest BCUT2D eigenvalue weighted by molar-refractivity contribution is 5.46. The minimum absolute atomic E-state index is 0.0540. The van der Waals surface area contributed by atoms with Crippen LogP contribution in [0.3, 0.4) is 0 Å². The normalized spacial score (nSPS) is 22.8. The second kappa shape index (κ2) is 9.27. The van der Waals surface area contributed by atoms with E-state index in [1.807, 2.05) is 13.0 Å². The average Bonchev–Trinajstić information content (AvgIpc) is 2.74. The summed E-state index contributed by atoms with van der Waals surface area (Å²) < 4.78 is 0. The van der Waals surface area contributed by atoms with Crippen LogP contribution in [0.4, 0.5) is 17.7 Å². The molecule has 0 bridgehead atoms. The number of anilines is 3. The van der Waals surface area contributed by atoms with Gasteiger partial charge in [0.05, 0.1) is 6.61 Å². The molecule has 168 valence electrons. The lowest BCUT2D eigenvalue weighted by atomic mass is 10.1. The van der Waals surface area contributed by atoms with Crippen molar-refractivity contribution in [3.8, 4) is 0 Å². The van der Waals surface area contributed by atoms with Crippen molar-refractivity contribution in [2.24, 2.45) is 0 Å². The zero-order chi connectivity index (χ0) is 22.0. The Hall–Kier alpha value is -2.59. The number of rotatable bonds is 5. The van der Waals surface area contributed by atoms with Gasteiger partial charge in [-0.1, -0.05) is 0 Å². The van der Waals surface area contributed by atoms with Crippen molar-refractivity contribution < 1.29 is 5.11 Å². The monoisotopic (exact) mass is 427 g/mol. The van der Waals surface area contributed by atoms with E-state index in [0.29, 0.717) is 12.2 Å². The molecule has 10 heteroatoms. The molecule has 0 unspecified atom stereocenters. The topological polar surface area (TPSA) is 97.6 Å². The third kappa shape index (κ3) is 4.85. The molecule has 31 heavy (non-hydrogen) atoms. The predicted molar refractivity (Wildman–Crippen MR) is 121 cm³/mol. The van der Waals surface area contributed by atoms with Crippen molar-refractivity contribution in [2.45, 2.75) is 39.3 Å². The maximum absolute atomic E-state index is 9.19. The van der Waals surface area contributed by atoms with Gasteiger partial charge < -0.3 is 24.7 Å². The molecule has 2 aliphatic heterocycles. The number of aliphatic hydroxyl groups is 1. The van der Waals surface area contributed by atoms with Crippen molar-refractivity contribution in [3.05, 3.63) is 23.9 Å². The Bertz CT molecular complexity index is 875. The van der Waals surface area contributed by atoms with Gasteiger partial charge >= 0.3 is 0 Å². The molecule has 2 fully saturated rings.